The van der Waals surface area contributed by atoms with Crippen LogP contribution < -0.4 is 0 Å². The number of hydrogen-bond acceptors (Lipinski definition) is 5. The predicted octanol–water partition coefficient (Wildman–Crippen LogP) is 13.0. The monoisotopic (exact) mass is 756 g/mol. The van der Waals surface area contributed by atoms with E-state index < -0.39 is 0 Å². The van der Waals surface area contributed by atoms with E-state index in [9.17, 15) is 0 Å². The highest BCUT2D eigenvalue weighted by atomic mass is 15.1. The maximum Gasteiger partial charge on any atom is 0.179 e. The lowest BCUT2D eigenvalue weighted by atomic mass is 9.97. The van der Waals surface area contributed by atoms with Crippen molar-refractivity contribution in [3.8, 4) is 62.1 Å². The third-order valence-electron chi connectivity index (χ3n) is 11.2. The summed E-state index contributed by atoms with van der Waals surface area (Å²) in [7, 11) is 0. The smallest absolute Gasteiger partial charge is 0.179 e. The minimum atomic E-state index is 0.585. The Labute approximate surface area is 341 Å². The summed E-state index contributed by atoms with van der Waals surface area (Å²) in [5.74, 6) is 1.60. The lowest BCUT2D eigenvalue weighted by Gasteiger charge is -2.13. The van der Waals surface area contributed by atoms with Gasteiger partial charge in [0.2, 0.25) is 0 Å². The topological polar surface area (TPSA) is 69.4 Å². The first-order chi connectivity index (χ1) is 29.2. The molecule has 0 saturated carbocycles. The molecule has 0 aliphatic carbocycles. The second kappa shape index (κ2) is 14.3. The molecule has 0 unspecified atom stereocenters. The van der Waals surface area contributed by atoms with E-state index >= 15 is 0 Å². The maximum atomic E-state index is 5.31. The number of nitrogens with zero attached hydrogens (tertiary/aromatic N) is 6. The van der Waals surface area contributed by atoms with E-state index in [-0.39, 0.29) is 0 Å². The van der Waals surface area contributed by atoms with E-state index in [0.29, 0.717) is 11.5 Å². The Morgan fingerprint density at radius 1 is 0.390 bits per heavy atom. The van der Waals surface area contributed by atoms with Gasteiger partial charge in [0.15, 0.2) is 5.82 Å². The van der Waals surface area contributed by atoms with E-state index in [2.05, 4.69) is 145 Å². The zero-order chi connectivity index (χ0) is 39.3. The third-order valence-corrected chi connectivity index (χ3v) is 11.2. The van der Waals surface area contributed by atoms with Crippen LogP contribution in [0.25, 0.3) is 106 Å². The summed E-state index contributed by atoms with van der Waals surface area (Å²) >= 11 is 0. The molecule has 0 amide bonds. The van der Waals surface area contributed by atoms with E-state index in [4.69, 9.17) is 24.9 Å². The van der Waals surface area contributed by atoms with Crippen LogP contribution in [-0.4, -0.2) is 29.5 Å². The minimum Gasteiger partial charge on any atom is -0.296 e. The van der Waals surface area contributed by atoms with Gasteiger partial charge in [0.25, 0.3) is 0 Å². The number of aromatic nitrogens is 6. The predicted molar refractivity (Wildman–Crippen MR) is 241 cm³/mol. The summed E-state index contributed by atoms with van der Waals surface area (Å²) in [6.07, 6.45) is 0.801. The van der Waals surface area contributed by atoms with Crippen LogP contribution in [0, 0.1) is 0 Å². The van der Waals surface area contributed by atoms with Crippen LogP contribution in [-0.2, 0) is 6.42 Å². The second-order valence-electron chi connectivity index (χ2n) is 14.7. The van der Waals surface area contributed by atoms with Crippen molar-refractivity contribution in [2.24, 2.45) is 0 Å². The Hall–Kier alpha value is -7.83. The van der Waals surface area contributed by atoms with Crippen molar-refractivity contribution in [1.82, 2.24) is 29.5 Å². The van der Waals surface area contributed by atoms with Gasteiger partial charge < -0.3 is 0 Å². The Bertz CT molecular complexity index is 3340. The lowest BCUT2D eigenvalue weighted by Crippen LogP contribution is -1.99. The van der Waals surface area contributed by atoms with Crippen molar-refractivity contribution < 1.29 is 0 Å². The molecular weight excluding hydrogens is 721 g/mol. The first-order valence-corrected chi connectivity index (χ1v) is 20.0. The van der Waals surface area contributed by atoms with E-state index in [0.717, 1.165) is 101 Å². The van der Waals surface area contributed by atoms with Gasteiger partial charge in [0.1, 0.15) is 11.5 Å². The quantitative estimate of drug-likeness (QED) is 0.151. The molecule has 4 aromatic heterocycles. The average Bonchev–Trinajstić information content (AvgIpc) is 3.71. The summed E-state index contributed by atoms with van der Waals surface area (Å²) in [5, 5.41) is 4.30. The van der Waals surface area contributed by atoms with Crippen molar-refractivity contribution in [2.75, 3.05) is 0 Å². The molecule has 7 aromatic carbocycles. The van der Waals surface area contributed by atoms with Gasteiger partial charge in [-0.25, -0.2) is 24.9 Å². The summed E-state index contributed by atoms with van der Waals surface area (Å²) in [4.78, 5) is 25.9. The number of imidazole rings is 1. The Kier molecular flexibility index (Phi) is 8.33. The number of para-hydroxylation sites is 3. The Balaban J connectivity index is 0.995. The van der Waals surface area contributed by atoms with Gasteiger partial charge in [-0.05, 0) is 59.0 Å². The SMILES string of the molecule is CCc1nc2c3c(-c4ccc(-c5cccc(-c6nc(-c7ccc(-c8ccccc8)cc7)c7ccccc7n6)n5)cc4)nc4ccccc4c3ccc2n1-c1ccccc1. The normalized spacial score (nSPS) is 11.5. The molecule has 0 saturated heterocycles. The standard InChI is InChI=1S/C53H36N6/c1-2-48-57-52-47(59(48)39-16-7-4-8-17-39)33-32-41-40-18-9-11-20-44(40)55-51(49(41)52)38-30-26-36(27-31-38)43-22-13-23-46(54-43)53-56-45-21-12-10-19-42(45)50(58-53)37-28-24-35(25-29-37)34-14-5-3-6-15-34/h3-33H,2H2,1H3. The van der Waals surface area contributed by atoms with Gasteiger partial charge in [-0.15, -0.1) is 0 Å². The molecule has 6 nitrogen and oxygen atoms in total. The molecule has 0 aliphatic heterocycles. The molecule has 0 atom stereocenters. The number of pyridine rings is 2. The minimum absolute atomic E-state index is 0.585. The van der Waals surface area contributed by atoms with Gasteiger partial charge in [0, 0.05) is 45.0 Å². The number of aryl methyl sites for hydroxylation is 1. The number of benzene rings is 7. The molecule has 6 heteroatoms. The van der Waals surface area contributed by atoms with Gasteiger partial charge in [-0.3, -0.25) is 4.57 Å². The van der Waals surface area contributed by atoms with Crippen LogP contribution in [0.2, 0.25) is 0 Å². The summed E-state index contributed by atoms with van der Waals surface area (Å²) in [6, 6.07) is 65.1. The van der Waals surface area contributed by atoms with Crippen LogP contribution in [0.3, 0.4) is 0 Å². The molecular formula is C53H36N6. The van der Waals surface area contributed by atoms with Crippen LogP contribution in [0.15, 0.2) is 188 Å². The number of fused-ring (bicyclic) bond motifs is 6. The van der Waals surface area contributed by atoms with Crippen LogP contribution >= 0.6 is 0 Å². The molecule has 11 rings (SSSR count). The first kappa shape index (κ1) is 34.4. The van der Waals surface area contributed by atoms with Gasteiger partial charge in [0.05, 0.1) is 39.1 Å². The molecule has 59 heavy (non-hydrogen) atoms. The van der Waals surface area contributed by atoms with Crippen LogP contribution in [0.4, 0.5) is 0 Å². The molecule has 0 fully saturated rings. The molecule has 0 N–H and O–H groups in total. The van der Waals surface area contributed by atoms with Crippen molar-refractivity contribution in [3.63, 3.8) is 0 Å². The average molecular weight is 757 g/mol. The Morgan fingerprint density at radius 2 is 0.983 bits per heavy atom. The second-order valence-corrected chi connectivity index (χ2v) is 14.7. The van der Waals surface area contributed by atoms with Crippen molar-refractivity contribution in [3.05, 3.63) is 194 Å². The largest absolute Gasteiger partial charge is 0.296 e. The highest BCUT2D eigenvalue weighted by Crippen LogP contribution is 2.39. The fourth-order valence-corrected chi connectivity index (χ4v) is 8.32. The summed E-state index contributed by atoms with van der Waals surface area (Å²) in [5.41, 5.74) is 13.7. The summed E-state index contributed by atoms with van der Waals surface area (Å²) in [6.45, 7) is 2.16. The molecule has 0 bridgehead atoms. The molecule has 4 heterocycles. The summed E-state index contributed by atoms with van der Waals surface area (Å²) < 4.78 is 2.28. The fourth-order valence-electron chi connectivity index (χ4n) is 8.32. The van der Waals surface area contributed by atoms with E-state index in [1.165, 1.54) is 5.56 Å². The van der Waals surface area contributed by atoms with Gasteiger partial charge in [-0.2, -0.15) is 0 Å². The molecule has 0 radical (unpaired) electrons. The fraction of sp³-hybridized carbons (Fsp3) is 0.0377. The zero-order valence-electron chi connectivity index (χ0n) is 32.3. The molecule has 278 valence electrons. The van der Waals surface area contributed by atoms with Gasteiger partial charge >= 0.3 is 0 Å². The van der Waals surface area contributed by atoms with E-state index in [1.54, 1.807) is 0 Å². The molecule has 0 spiro atoms. The maximum absolute atomic E-state index is 5.31. The van der Waals surface area contributed by atoms with Crippen molar-refractivity contribution in [1.29, 1.82) is 0 Å². The third kappa shape index (κ3) is 6.01. The molecule has 0 aliphatic rings. The Morgan fingerprint density at radius 3 is 1.73 bits per heavy atom. The van der Waals surface area contributed by atoms with Crippen molar-refractivity contribution >= 4 is 43.6 Å². The zero-order valence-corrected chi connectivity index (χ0v) is 32.3. The van der Waals surface area contributed by atoms with E-state index in [1.807, 2.05) is 54.6 Å². The highest BCUT2D eigenvalue weighted by Gasteiger charge is 2.20. The highest BCUT2D eigenvalue weighted by molar-refractivity contribution is 6.20. The van der Waals surface area contributed by atoms with Crippen molar-refractivity contribution in [2.45, 2.75) is 13.3 Å². The number of rotatable bonds is 7. The lowest BCUT2D eigenvalue weighted by molar-refractivity contribution is 0.908. The number of hydrogen-bond donors (Lipinski definition) is 0. The first-order valence-electron chi connectivity index (χ1n) is 20.0. The van der Waals surface area contributed by atoms with Crippen LogP contribution in [0.1, 0.15) is 12.7 Å². The van der Waals surface area contributed by atoms with Gasteiger partial charge in [-0.1, -0.05) is 153 Å². The molecule has 11 aromatic rings. The van der Waals surface area contributed by atoms with Crippen LogP contribution in [0.5, 0.6) is 0 Å².